The minimum atomic E-state index is -4.78. The number of rotatable bonds is 18. The summed E-state index contributed by atoms with van der Waals surface area (Å²) in [6.45, 7) is 4.44. The number of carbonyl (C=O) groups excluding carboxylic acids is 8. The molecule has 490 valence electrons. The van der Waals surface area contributed by atoms with Crippen LogP contribution in [0.1, 0.15) is 145 Å². The van der Waals surface area contributed by atoms with Crippen LogP contribution < -0.4 is 31.1 Å². The van der Waals surface area contributed by atoms with Crippen molar-refractivity contribution in [1.82, 2.24) is 36.1 Å². The number of allylic oxidation sites excluding steroid dienone is 2. The molecule has 2 aliphatic heterocycles. The number of urea groups is 2. The number of esters is 2. The van der Waals surface area contributed by atoms with E-state index in [4.69, 9.17) is 9.47 Å². The van der Waals surface area contributed by atoms with E-state index in [9.17, 15) is 75.2 Å². The van der Waals surface area contributed by atoms with Crippen LogP contribution >= 0.6 is 0 Å². The average Bonchev–Trinajstić information content (AvgIpc) is 0.752. The number of carbonyl (C=O) groups is 8. The number of hydrogen-bond donors (Lipinski definition) is 4. The lowest BCUT2D eigenvalue weighted by molar-refractivity contribution is -0.140. The summed E-state index contributed by atoms with van der Waals surface area (Å²) in [5, 5.41) is 30.8. The van der Waals surface area contributed by atoms with Gasteiger partial charge in [-0.05, 0) is 163 Å². The lowest BCUT2D eigenvalue weighted by Gasteiger charge is -2.42. The summed E-state index contributed by atoms with van der Waals surface area (Å²) < 4.78 is 94.6. The van der Waals surface area contributed by atoms with Gasteiger partial charge in [-0.15, -0.1) is 0 Å². The Hall–Kier alpha value is -10.6. The number of hydrogen-bond acceptors (Lipinski definition) is 13. The summed E-state index contributed by atoms with van der Waals surface area (Å²) in [6.07, 6.45) is -5.06. The van der Waals surface area contributed by atoms with Gasteiger partial charge >= 0.3 is 36.4 Å². The fraction of sp³-hybridized carbons (Fsp3) is 0.358. The molecular formula is C67H65F6N11O10. The molecule has 0 saturated heterocycles. The fourth-order valence-corrected chi connectivity index (χ4v) is 12.2. The molecule has 5 aromatic rings. The van der Waals surface area contributed by atoms with Crippen LogP contribution in [0.25, 0.3) is 0 Å². The number of halogens is 6. The molecule has 8 amide bonds. The minimum absolute atomic E-state index is 0.0259. The highest BCUT2D eigenvalue weighted by molar-refractivity contribution is 6.06. The van der Waals surface area contributed by atoms with E-state index >= 15 is 0 Å². The Morgan fingerprint density at radius 1 is 0.532 bits per heavy atom. The topological polar surface area (TPSA) is 277 Å². The van der Waals surface area contributed by atoms with Crippen LogP contribution in [0.2, 0.25) is 0 Å². The summed E-state index contributed by atoms with van der Waals surface area (Å²) in [7, 11) is 0. The second kappa shape index (κ2) is 28.9. The van der Waals surface area contributed by atoms with E-state index in [2.05, 4.69) is 26.3 Å². The average molecular weight is 1300 g/mol. The number of nitrogens with zero attached hydrogens (tertiary/aromatic N) is 7. The van der Waals surface area contributed by atoms with Gasteiger partial charge in [-0.3, -0.25) is 34.0 Å². The van der Waals surface area contributed by atoms with Crippen LogP contribution in [0.5, 0.6) is 0 Å². The number of anilines is 2. The van der Waals surface area contributed by atoms with E-state index in [1.165, 1.54) is 92.8 Å². The summed E-state index contributed by atoms with van der Waals surface area (Å²) in [5.41, 5.74) is -1.45. The summed E-state index contributed by atoms with van der Waals surface area (Å²) >= 11 is 0. The third kappa shape index (κ3) is 15.3. The van der Waals surface area contributed by atoms with Crippen molar-refractivity contribution in [1.29, 1.82) is 10.5 Å². The molecule has 2 unspecified atom stereocenters. The van der Waals surface area contributed by atoms with Crippen molar-refractivity contribution in [3.05, 3.63) is 183 Å². The highest BCUT2D eigenvalue weighted by Crippen LogP contribution is 2.44. The zero-order valence-electron chi connectivity index (χ0n) is 51.4. The van der Waals surface area contributed by atoms with Gasteiger partial charge in [0.2, 0.25) is 11.8 Å². The predicted octanol–water partition coefficient (Wildman–Crippen LogP) is 10.2. The standard InChI is InChI=1S/C67H65F6N11O10/c1-5-93-62(89)56-38(3)83(51-11-7-9-45(31-51)66(68,69)70)64(91)81(58(56)42-17-13-40(33-74)14-18-42)36-54(85)77-47-22-26-49(27-23-47)79-60(87)44-21-30-53(76-35-44)61(88)80-50-28-24-48(25-29-50)78-55(86)37-82-59(43-19-15-41(34-75)16-20-43)57(63(90)94-6-2)39(4)84(65(82)92)52-12-8-10-46(32-52)67(71,72)73/h7-21,30-32,35,47-50,58-59H,5-6,22-29,36-37H2,1-4H3,(H,77,85)(H,78,86)(H,79,87)(H,80,88)/t47-,48-,49-,50-,58?,59?. The first-order valence-electron chi connectivity index (χ1n) is 30.3. The zero-order chi connectivity index (χ0) is 67.8. The maximum atomic E-state index is 14.6. The molecule has 21 nitrogen and oxygen atoms in total. The van der Waals surface area contributed by atoms with Gasteiger partial charge in [0.1, 0.15) is 18.8 Å². The number of amides is 8. The molecule has 94 heavy (non-hydrogen) atoms. The number of nitriles is 2. The molecular weight excluding hydrogens is 1230 g/mol. The largest absolute Gasteiger partial charge is 0.463 e. The van der Waals surface area contributed by atoms with E-state index in [0.717, 1.165) is 56.0 Å². The monoisotopic (exact) mass is 1300 g/mol. The number of nitrogens with one attached hydrogen (secondary N) is 4. The van der Waals surface area contributed by atoms with Crippen molar-refractivity contribution >= 4 is 59.0 Å². The van der Waals surface area contributed by atoms with Crippen molar-refractivity contribution < 1.29 is 74.2 Å². The van der Waals surface area contributed by atoms with Gasteiger partial charge in [0.25, 0.3) is 11.8 Å². The third-order valence-electron chi connectivity index (χ3n) is 16.8. The molecule has 2 aliphatic carbocycles. The van der Waals surface area contributed by atoms with Gasteiger partial charge in [-0.2, -0.15) is 36.9 Å². The molecule has 4 aromatic carbocycles. The summed E-state index contributed by atoms with van der Waals surface area (Å²) in [4.78, 5) is 120. The first-order valence-corrected chi connectivity index (χ1v) is 30.3. The molecule has 4 N–H and O–H groups in total. The van der Waals surface area contributed by atoms with Crippen molar-refractivity contribution in [3.8, 4) is 12.1 Å². The van der Waals surface area contributed by atoms with Gasteiger partial charge in [0.15, 0.2) is 0 Å². The molecule has 2 saturated carbocycles. The number of pyridine rings is 1. The molecule has 27 heteroatoms. The summed E-state index contributed by atoms with van der Waals surface area (Å²) in [5.74, 6) is -4.03. The first-order chi connectivity index (χ1) is 44.8. The molecule has 0 spiro atoms. The van der Waals surface area contributed by atoms with Crippen LogP contribution in [0.4, 0.5) is 47.3 Å². The van der Waals surface area contributed by atoms with E-state index in [-0.39, 0.29) is 81.6 Å². The van der Waals surface area contributed by atoms with Gasteiger partial charge in [-0.1, -0.05) is 36.4 Å². The Bertz CT molecular complexity index is 3640. The van der Waals surface area contributed by atoms with Crippen LogP contribution in [-0.4, -0.2) is 113 Å². The minimum Gasteiger partial charge on any atom is -0.463 e. The lowest BCUT2D eigenvalue weighted by Crippen LogP contribution is -2.54. The third-order valence-corrected chi connectivity index (χ3v) is 16.8. The molecule has 0 radical (unpaired) electrons. The maximum Gasteiger partial charge on any atom is 0.416 e. The predicted molar refractivity (Wildman–Crippen MR) is 326 cm³/mol. The number of benzene rings is 4. The van der Waals surface area contributed by atoms with Gasteiger partial charge < -0.3 is 40.5 Å². The quantitative estimate of drug-likeness (QED) is 0.0470. The molecule has 2 atom stereocenters. The van der Waals surface area contributed by atoms with Crippen molar-refractivity contribution in [3.63, 3.8) is 0 Å². The normalized spacial score (nSPS) is 20.2. The Morgan fingerprint density at radius 2 is 0.904 bits per heavy atom. The van der Waals surface area contributed by atoms with E-state index in [0.29, 0.717) is 62.5 Å². The van der Waals surface area contributed by atoms with Crippen LogP contribution in [0.3, 0.4) is 0 Å². The molecule has 2 fully saturated rings. The number of ether oxygens (including phenoxy) is 2. The highest BCUT2D eigenvalue weighted by Gasteiger charge is 2.47. The van der Waals surface area contributed by atoms with Crippen LogP contribution in [0.15, 0.2) is 138 Å². The maximum absolute atomic E-state index is 14.6. The second-order valence-electron chi connectivity index (χ2n) is 22.9. The molecule has 9 rings (SSSR count). The zero-order valence-corrected chi connectivity index (χ0v) is 51.4. The van der Waals surface area contributed by atoms with Crippen molar-refractivity contribution in [2.75, 3.05) is 36.1 Å². The van der Waals surface area contributed by atoms with Crippen LogP contribution in [0, 0.1) is 22.7 Å². The summed E-state index contributed by atoms with van der Waals surface area (Å²) in [6, 6.07) is 20.9. The highest BCUT2D eigenvalue weighted by atomic mass is 19.4. The Balaban J connectivity index is 0.781. The molecule has 1 aromatic heterocycles. The Morgan fingerprint density at radius 3 is 1.24 bits per heavy atom. The Labute approximate surface area is 536 Å². The molecule has 3 heterocycles. The van der Waals surface area contributed by atoms with Crippen molar-refractivity contribution in [2.24, 2.45) is 0 Å². The first kappa shape index (κ1) is 67.8. The van der Waals surface area contributed by atoms with Gasteiger partial charge in [-0.25, -0.2) is 19.2 Å². The number of aromatic nitrogens is 1. The number of alkyl halides is 6. The lowest BCUT2D eigenvalue weighted by atomic mass is 9.90. The van der Waals surface area contributed by atoms with E-state index < -0.39 is 108 Å². The van der Waals surface area contributed by atoms with E-state index in [1.807, 2.05) is 12.1 Å². The smallest absolute Gasteiger partial charge is 0.416 e. The SMILES string of the molecule is CCOC(=O)C1=C(C)N(c2cccc(C(F)(F)F)c2)C(=O)N(CC(=O)N[C@H]2CC[C@H](NC(=O)c3ccc(C(=O)N[C@H]4CC[C@H](NC(=O)CN5C(=O)N(c6cccc(C(F)(F)F)c6)C(C)=C(C(=O)OCC)C5c5ccc(C#N)cc5)CC4)nc3)CC2)C1c1ccc(C#N)cc1. The van der Waals surface area contributed by atoms with E-state index in [1.54, 1.807) is 13.8 Å². The van der Waals surface area contributed by atoms with Crippen LogP contribution in [-0.2, 0) is 41.0 Å². The fourth-order valence-electron chi connectivity index (χ4n) is 12.2. The van der Waals surface area contributed by atoms with Gasteiger partial charge in [0.05, 0.1) is 87.8 Å². The van der Waals surface area contributed by atoms with Crippen molar-refractivity contribution in [2.45, 2.75) is 128 Å². The molecule has 0 bridgehead atoms. The Kier molecular flexibility index (Phi) is 20.9. The second-order valence-corrected chi connectivity index (χ2v) is 22.9. The van der Waals surface area contributed by atoms with Gasteiger partial charge in [0, 0.05) is 41.8 Å². The molecule has 4 aliphatic rings.